The van der Waals surface area contributed by atoms with Gasteiger partial charge in [-0.3, -0.25) is 4.90 Å². The summed E-state index contributed by atoms with van der Waals surface area (Å²) in [6, 6.07) is 9.73. The first-order valence-corrected chi connectivity index (χ1v) is 8.72. The molecule has 1 N–H and O–H groups in total. The van der Waals surface area contributed by atoms with Crippen LogP contribution in [0, 0.1) is 5.92 Å². The molecule has 0 spiro atoms. The maximum atomic E-state index is 3.87. The first kappa shape index (κ1) is 13.8. The van der Waals surface area contributed by atoms with Crippen LogP contribution < -0.4 is 5.32 Å². The van der Waals surface area contributed by atoms with Gasteiger partial charge in [-0.2, -0.15) is 0 Å². The lowest BCUT2D eigenvalue weighted by Gasteiger charge is -2.40. The van der Waals surface area contributed by atoms with Crippen molar-refractivity contribution < 1.29 is 0 Å². The van der Waals surface area contributed by atoms with Crippen LogP contribution in [0.5, 0.6) is 0 Å². The summed E-state index contributed by atoms with van der Waals surface area (Å²) in [7, 11) is 0. The van der Waals surface area contributed by atoms with Crippen molar-refractivity contribution in [2.45, 2.75) is 57.0 Å². The van der Waals surface area contributed by atoms with Crippen LogP contribution in [0.2, 0.25) is 0 Å². The van der Waals surface area contributed by atoms with Gasteiger partial charge in [0.15, 0.2) is 0 Å². The molecule has 0 amide bonds. The van der Waals surface area contributed by atoms with E-state index in [2.05, 4.69) is 48.3 Å². The molecule has 1 aromatic carbocycles. The molecule has 1 heterocycles. The normalized spacial score (nSPS) is 36.7. The summed E-state index contributed by atoms with van der Waals surface area (Å²) >= 11 is 0. The minimum Gasteiger partial charge on any atom is -0.310 e. The Bertz CT molecular complexity index is 522. The van der Waals surface area contributed by atoms with Gasteiger partial charge in [0.25, 0.3) is 0 Å². The summed E-state index contributed by atoms with van der Waals surface area (Å²) in [4.78, 5) is 2.78. The maximum Gasteiger partial charge on any atom is 0.0308 e. The zero-order valence-electron chi connectivity index (χ0n) is 13.4. The summed E-state index contributed by atoms with van der Waals surface area (Å²) < 4.78 is 0. The molecule has 0 bridgehead atoms. The third-order valence-electron chi connectivity index (χ3n) is 6.14. The van der Waals surface area contributed by atoms with Gasteiger partial charge in [-0.25, -0.2) is 0 Å². The van der Waals surface area contributed by atoms with Crippen LogP contribution in [0.15, 0.2) is 24.3 Å². The first-order valence-electron chi connectivity index (χ1n) is 8.72. The largest absolute Gasteiger partial charge is 0.310 e. The van der Waals surface area contributed by atoms with E-state index >= 15 is 0 Å². The number of hydrogen-bond acceptors (Lipinski definition) is 2. The van der Waals surface area contributed by atoms with E-state index in [0.29, 0.717) is 11.6 Å². The fourth-order valence-electron chi connectivity index (χ4n) is 4.43. The molecule has 2 nitrogen and oxygen atoms in total. The molecule has 2 aliphatic carbocycles. The Labute approximate surface area is 128 Å². The molecule has 21 heavy (non-hydrogen) atoms. The summed E-state index contributed by atoms with van der Waals surface area (Å²) in [5.74, 6) is 1.68. The number of hydrogen-bond donors (Lipinski definition) is 1. The third-order valence-corrected chi connectivity index (χ3v) is 6.14. The lowest BCUT2D eigenvalue weighted by molar-refractivity contribution is 0.149. The van der Waals surface area contributed by atoms with Crippen molar-refractivity contribution in [2.75, 3.05) is 19.6 Å². The van der Waals surface area contributed by atoms with E-state index < -0.39 is 0 Å². The predicted molar refractivity (Wildman–Crippen MR) is 87.7 cm³/mol. The molecule has 114 valence electrons. The predicted octanol–water partition coefficient (Wildman–Crippen LogP) is 3.18. The van der Waals surface area contributed by atoms with Gasteiger partial charge in [-0.15, -0.1) is 0 Å². The van der Waals surface area contributed by atoms with E-state index in [0.717, 1.165) is 11.8 Å². The molecule has 4 rings (SSSR count). The van der Waals surface area contributed by atoms with Crippen molar-refractivity contribution in [2.24, 2.45) is 5.92 Å². The van der Waals surface area contributed by atoms with Gasteiger partial charge >= 0.3 is 0 Å². The van der Waals surface area contributed by atoms with E-state index in [9.17, 15) is 0 Å². The van der Waals surface area contributed by atoms with Crippen molar-refractivity contribution in [1.82, 2.24) is 10.2 Å². The highest BCUT2D eigenvalue weighted by molar-refractivity contribution is 5.40. The lowest BCUT2D eigenvalue weighted by atomic mass is 9.77. The molecule has 3 unspecified atom stereocenters. The molecule has 1 saturated heterocycles. The zero-order valence-corrected chi connectivity index (χ0v) is 13.4. The highest BCUT2D eigenvalue weighted by Gasteiger charge is 2.44. The summed E-state index contributed by atoms with van der Waals surface area (Å²) in [6.45, 7) is 8.56. The van der Waals surface area contributed by atoms with Gasteiger partial charge in [0.1, 0.15) is 0 Å². The van der Waals surface area contributed by atoms with Crippen LogP contribution in [0.3, 0.4) is 0 Å². The first-order chi connectivity index (χ1) is 10.2. The molecule has 3 aliphatic rings. The smallest absolute Gasteiger partial charge is 0.0308 e. The molecule has 2 heteroatoms. The third kappa shape index (κ3) is 2.53. The SMILES string of the molecule is CC1CCNC(C)(C2CC2)CN1CC1Cc2ccccc21. The van der Waals surface area contributed by atoms with E-state index in [4.69, 9.17) is 0 Å². The Morgan fingerprint density at radius 1 is 1.24 bits per heavy atom. The van der Waals surface area contributed by atoms with Crippen LogP contribution in [0.25, 0.3) is 0 Å². The Hall–Kier alpha value is -0.860. The Morgan fingerprint density at radius 3 is 2.81 bits per heavy atom. The lowest BCUT2D eigenvalue weighted by Crippen LogP contribution is -2.52. The molecule has 1 aliphatic heterocycles. The minimum atomic E-state index is 0.355. The van der Waals surface area contributed by atoms with Gasteiger partial charge in [0, 0.05) is 30.6 Å². The van der Waals surface area contributed by atoms with Crippen molar-refractivity contribution in [3.63, 3.8) is 0 Å². The number of fused-ring (bicyclic) bond motifs is 1. The highest BCUT2D eigenvalue weighted by Crippen LogP contribution is 2.42. The Morgan fingerprint density at radius 2 is 2.05 bits per heavy atom. The zero-order chi connectivity index (χ0) is 14.4. The van der Waals surface area contributed by atoms with E-state index in [1.54, 1.807) is 11.1 Å². The summed E-state index contributed by atoms with van der Waals surface area (Å²) in [5, 5.41) is 3.87. The van der Waals surface area contributed by atoms with E-state index in [1.165, 1.54) is 45.3 Å². The Kier molecular flexibility index (Phi) is 3.35. The molecule has 0 radical (unpaired) electrons. The minimum absolute atomic E-state index is 0.355. The molecule has 3 atom stereocenters. The van der Waals surface area contributed by atoms with Crippen LogP contribution in [0.4, 0.5) is 0 Å². The summed E-state index contributed by atoms with van der Waals surface area (Å²) in [5.41, 5.74) is 3.54. The number of benzene rings is 1. The second-order valence-corrected chi connectivity index (χ2v) is 7.79. The van der Waals surface area contributed by atoms with Crippen molar-refractivity contribution >= 4 is 0 Å². The highest BCUT2D eigenvalue weighted by atomic mass is 15.2. The number of rotatable bonds is 3. The number of nitrogens with one attached hydrogen (secondary N) is 1. The van der Waals surface area contributed by atoms with Crippen molar-refractivity contribution in [3.05, 3.63) is 35.4 Å². The average Bonchev–Trinajstić information content (AvgIpc) is 3.27. The van der Waals surface area contributed by atoms with Gasteiger partial charge < -0.3 is 5.32 Å². The Balaban J connectivity index is 1.48. The summed E-state index contributed by atoms with van der Waals surface area (Å²) in [6.07, 6.45) is 5.43. The van der Waals surface area contributed by atoms with Gasteiger partial charge in [0.2, 0.25) is 0 Å². The maximum absolute atomic E-state index is 3.87. The topological polar surface area (TPSA) is 15.3 Å². The molecule has 1 saturated carbocycles. The standard InChI is InChI=1S/C19H28N2/c1-14-9-10-20-19(2,17-7-8-17)13-21(14)12-16-11-15-5-3-4-6-18(15)16/h3-6,14,16-17,20H,7-13H2,1-2H3. The molecule has 1 aromatic rings. The van der Waals surface area contributed by atoms with Crippen molar-refractivity contribution in [3.8, 4) is 0 Å². The van der Waals surface area contributed by atoms with Gasteiger partial charge in [0.05, 0.1) is 0 Å². The number of nitrogens with zero attached hydrogens (tertiary/aromatic N) is 1. The fraction of sp³-hybridized carbons (Fsp3) is 0.684. The van der Waals surface area contributed by atoms with Gasteiger partial charge in [-0.1, -0.05) is 24.3 Å². The molecular weight excluding hydrogens is 256 g/mol. The second kappa shape index (κ2) is 5.10. The fourth-order valence-corrected chi connectivity index (χ4v) is 4.43. The van der Waals surface area contributed by atoms with Gasteiger partial charge in [-0.05, 0) is 63.1 Å². The monoisotopic (exact) mass is 284 g/mol. The molecule has 0 aromatic heterocycles. The molecule has 2 fully saturated rings. The average molecular weight is 284 g/mol. The van der Waals surface area contributed by atoms with E-state index in [1.807, 2.05) is 0 Å². The second-order valence-electron chi connectivity index (χ2n) is 7.79. The van der Waals surface area contributed by atoms with E-state index in [-0.39, 0.29) is 0 Å². The van der Waals surface area contributed by atoms with Crippen LogP contribution in [-0.4, -0.2) is 36.1 Å². The van der Waals surface area contributed by atoms with Crippen molar-refractivity contribution in [1.29, 1.82) is 0 Å². The quantitative estimate of drug-likeness (QED) is 0.917. The van der Waals surface area contributed by atoms with Crippen LogP contribution >= 0.6 is 0 Å². The molecular formula is C19H28N2. The van der Waals surface area contributed by atoms with Crippen LogP contribution in [-0.2, 0) is 6.42 Å². The van der Waals surface area contributed by atoms with Crippen LogP contribution in [0.1, 0.15) is 50.2 Å².